The van der Waals surface area contributed by atoms with Gasteiger partial charge in [0.15, 0.2) is 0 Å². The summed E-state index contributed by atoms with van der Waals surface area (Å²) < 4.78 is 1.12. The van der Waals surface area contributed by atoms with Gasteiger partial charge in [0, 0.05) is 25.5 Å². The SMILES string of the molecule is O=C1Nc2ccc(Cl)cc2C1Nc1cccc(I)c1. The first-order chi connectivity index (χ1) is 9.13. The van der Waals surface area contributed by atoms with Crippen LogP contribution in [0.4, 0.5) is 11.4 Å². The van der Waals surface area contributed by atoms with E-state index in [2.05, 4.69) is 33.2 Å². The third-order valence-electron chi connectivity index (χ3n) is 2.98. The zero-order valence-electron chi connectivity index (χ0n) is 9.78. The van der Waals surface area contributed by atoms with Crippen molar-refractivity contribution in [3.8, 4) is 0 Å². The third-order valence-corrected chi connectivity index (χ3v) is 3.89. The molecule has 0 saturated heterocycles. The molecule has 1 aliphatic heterocycles. The number of rotatable bonds is 2. The van der Waals surface area contributed by atoms with Gasteiger partial charge < -0.3 is 10.6 Å². The molecule has 0 aromatic heterocycles. The Balaban J connectivity index is 1.94. The predicted molar refractivity (Wildman–Crippen MR) is 85.6 cm³/mol. The molecule has 0 fully saturated rings. The third kappa shape index (κ3) is 2.55. The summed E-state index contributed by atoms with van der Waals surface area (Å²) in [5.41, 5.74) is 2.62. The number of fused-ring (bicyclic) bond motifs is 1. The van der Waals surface area contributed by atoms with Gasteiger partial charge in [0.25, 0.3) is 5.91 Å². The zero-order chi connectivity index (χ0) is 13.4. The van der Waals surface area contributed by atoms with E-state index in [9.17, 15) is 4.79 Å². The zero-order valence-corrected chi connectivity index (χ0v) is 12.7. The van der Waals surface area contributed by atoms with Gasteiger partial charge in [-0.05, 0) is 59.0 Å². The lowest BCUT2D eigenvalue weighted by Gasteiger charge is -2.13. The molecule has 2 N–H and O–H groups in total. The second kappa shape index (κ2) is 5.02. The van der Waals surface area contributed by atoms with E-state index in [1.165, 1.54) is 0 Å². The summed E-state index contributed by atoms with van der Waals surface area (Å²) >= 11 is 8.24. The number of nitrogens with one attached hydrogen (secondary N) is 2. The molecule has 0 radical (unpaired) electrons. The fourth-order valence-electron chi connectivity index (χ4n) is 2.12. The van der Waals surface area contributed by atoms with Gasteiger partial charge in [-0.1, -0.05) is 17.7 Å². The molecule has 2 aromatic carbocycles. The Hall–Kier alpha value is -1.27. The summed E-state index contributed by atoms with van der Waals surface area (Å²) in [4.78, 5) is 12.0. The van der Waals surface area contributed by atoms with E-state index in [1.54, 1.807) is 6.07 Å². The van der Waals surface area contributed by atoms with Crippen LogP contribution < -0.4 is 10.6 Å². The van der Waals surface area contributed by atoms with Crippen molar-refractivity contribution in [2.45, 2.75) is 6.04 Å². The quantitative estimate of drug-likeness (QED) is 0.767. The Bertz CT molecular complexity index is 660. The van der Waals surface area contributed by atoms with Crippen LogP contribution in [0.15, 0.2) is 42.5 Å². The van der Waals surface area contributed by atoms with E-state index in [0.717, 1.165) is 20.5 Å². The van der Waals surface area contributed by atoms with Crippen LogP contribution >= 0.6 is 34.2 Å². The van der Waals surface area contributed by atoms with Crippen molar-refractivity contribution >= 4 is 51.5 Å². The highest BCUT2D eigenvalue weighted by Crippen LogP contribution is 2.35. The van der Waals surface area contributed by atoms with Crippen molar-refractivity contribution in [3.63, 3.8) is 0 Å². The molecule has 1 amide bonds. The predicted octanol–water partition coefficient (Wildman–Crippen LogP) is 4.05. The smallest absolute Gasteiger partial charge is 0.251 e. The normalized spacial score (nSPS) is 16.9. The molecule has 0 spiro atoms. The maximum Gasteiger partial charge on any atom is 0.251 e. The van der Waals surface area contributed by atoms with E-state index in [-0.39, 0.29) is 5.91 Å². The summed E-state index contributed by atoms with van der Waals surface area (Å²) in [5.74, 6) is -0.0591. The molecule has 1 atom stereocenters. The van der Waals surface area contributed by atoms with Crippen LogP contribution in [-0.4, -0.2) is 5.91 Å². The highest BCUT2D eigenvalue weighted by molar-refractivity contribution is 14.1. The number of carbonyl (C=O) groups is 1. The average molecular weight is 385 g/mol. The highest BCUT2D eigenvalue weighted by Gasteiger charge is 2.30. The monoisotopic (exact) mass is 384 g/mol. The molecule has 3 nitrogen and oxygen atoms in total. The Morgan fingerprint density at radius 3 is 2.84 bits per heavy atom. The van der Waals surface area contributed by atoms with Gasteiger partial charge in [0.05, 0.1) is 0 Å². The number of hydrogen-bond acceptors (Lipinski definition) is 2. The summed E-state index contributed by atoms with van der Waals surface area (Å²) in [7, 11) is 0. The van der Waals surface area contributed by atoms with Crippen LogP contribution in [-0.2, 0) is 4.79 Å². The highest BCUT2D eigenvalue weighted by atomic mass is 127. The molecule has 0 aliphatic carbocycles. The summed E-state index contributed by atoms with van der Waals surface area (Å²) in [6, 6.07) is 12.9. The van der Waals surface area contributed by atoms with Gasteiger partial charge in [-0.2, -0.15) is 0 Å². The molecule has 1 heterocycles. The minimum absolute atomic E-state index is 0.0591. The van der Waals surface area contributed by atoms with Gasteiger partial charge >= 0.3 is 0 Å². The standard InChI is InChI=1S/C14H10ClIN2O/c15-8-4-5-12-11(6-8)13(14(19)18-12)17-10-3-1-2-9(16)7-10/h1-7,13,17H,(H,18,19). The second-order valence-electron chi connectivity index (χ2n) is 4.31. The van der Waals surface area contributed by atoms with Gasteiger partial charge in [0.2, 0.25) is 0 Å². The number of benzene rings is 2. The number of anilines is 2. The van der Waals surface area contributed by atoms with Gasteiger partial charge in [-0.3, -0.25) is 4.79 Å². The summed E-state index contributed by atoms with van der Waals surface area (Å²) in [6.45, 7) is 0. The van der Waals surface area contributed by atoms with Crippen molar-refractivity contribution in [1.82, 2.24) is 0 Å². The van der Waals surface area contributed by atoms with Crippen molar-refractivity contribution in [3.05, 3.63) is 56.6 Å². The molecule has 0 bridgehead atoms. The first-order valence-electron chi connectivity index (χ1n) is 5.76. The van der Waals surface area contributed by atoms with E-state index in [0.29, 0.717) is 5.02 Å². The van der Waals surface area contributed by atoms with Crippen LogP contribution in [0.25, 0.3) is 0 Å². The van der Waals surface area contributed by atoms with Gasteiger partial charge in [-0.15, -0.1) is 0 Å². The molecule has 1 unspecified atom stereocenters. The van der Waals surface area contributed by atoms with Crippen molar-refractivity contribution in [1.29, 1.82) is 0 Å². The van der Waals surface area contributed by atoms with E-state index in [1.807, 2.05) is 36.4 Å². The van der Waals surface area contributed by atoms with Crippen LogP contribution in [0.3, 0.4) is 0 Å². The Morgan fingerprint density at radius 1 is 1.21 bits per heavy atom. The number of hydrogen-bond donors (Lipinski definition) is 2. The van der Waals surface area contributed by atoms with E-state index in [4.69, 9.17) is 11.6 Å². The van der Waals surface area contributed by atoms with E-state index < -0.39 is 6.04 Å². The molecule has 96 valence electrons. The lowest BCUT2D eigenvalue weighted by Crippen LogP contribution is -2.19. The first kappa shape index (κ1) is 12.7. The van der Waals surface area contributed by atoms with E-state index >= 15 is 0 Å². The maximum absolute atomic E-state index is 12.0. The Kier molecular flexibility index (Phi) is 3.36. The number of carbonyl (C=O) groups excluding carboxylic acids is 1. The van der Waals surface area contributed by atoms with Crippen molar-refractivity contribution < 1.29 is 4.79 Å². The number of amides is 1. The Labute approximate surface area is 129 Å². The molecule has 0 saturated carbocycles. The first-order valence-corrected chi connectivity index (χ1v) is 7.21. The number of halogens is 2. The van der Waals surface area contributed by atoms with Crippen LogP contribution in [0.2, 0.25) is 5.02 Å². The maximum atomic E-state index is 12.0. The lowest BCUT2D eigenvalue weighted by atomic mass is 10.1. The lowest BCUT2D eigenvalue weighted by molar-refractivity contribution is -0.116. The topological polar surface area (TPSA) is 41.1 Å². The van der Waals surface area contributed by atoms with Crippen LogP contribution in [0.5, 0.6) is 0 Å². The van der Waals surface area contributed by atoms with Crippen LogP contribution in [0, 0.1) is 3.57 Å². The minimum atomic E-state index is -0.396. The summed E-state index contributed by atoms with van der Waals surface area (Å²) in [5, 5.41) is 6.72. The largest absolute Gasteiger partial charge is 0.370 e. The fourth-order valence-corrected chi connectivity index (χ4v) is 2.84. The molecule has 1 aliphatic rings. The summed E-state index contributed by atoms with van der Waals surface area (Å²) in [6.07, 6.45) is 0. The molecular formula is C14H10ClIN2O. The van der Waals surface area contributed by atoms with Gasteiger partial charge in [0.1, 0.15) is 6.04 Å². The Morgan fingerprint density at radius 2 is 2.05 bits per heavy atom. The van der Waals surface area contributed by atoms with Crippen molar-refractivity contribution in [2.24, 2.45) is 0 Å². The minimum Gasteiger partial charge on any atom is -0.370 e. The molecule has 19 heavy (non-hydrogen) atoms. The molecule has 2 aromatic rings. The molecule has 3 rings (SSSR count). The molecule has 5 heteroatoms. The van der Waals surface area contributed by atoms with Crippen molar-refractivity contribution in [2.75, 3.05) is 10.6 Å². The second-order valence-corrected chi connectivity index (χ2v) is 5.99. The fraction of sp³-hybridized carbons (Fsp3) is 0.0714. The van der Waals surface area contributed by atoms with Gasteiger partial charge in [-0.25, -0.2) is 0 Å². The average Bonchev–Trinajstić information content (AvgIpc) is 2.66. The van der Waals surface area contributed by atoms with Crippen LogP contribution in [0.1, 0.15) is 11.6 Å². The molecular weight excluding hydrogens is 375 g/mol.